The minimum absolute atomic E-state index is 0. The summed E-state index contributed by atoms with van der Waals surface area (Å²) in [5.41, 5.74) is 0. The molecule has 0 saturated carbocycles. The van der Waals surface area contributed by atoms with Gasteiger partial charge >= 0.3 is 59.1 Å². The molecule has 0 heterocycles. The SMILES string of the molecule is C=CC.C=CC.C=CC.C=CC.O=[P+]([O-])[O-].[Na+].[Na+]. The first-order valence-electron chi connectivity index (χ1n) is 4.49. The van der Waals surface area contributed by atoms with E-state index in [2.05, 4.69) is 26.3 Å². The van der Waals surface area contributed by atoms with Crippen molar-refractivity contribution < 1.29 is 73.5 Å². The van der Waals surface area contributed by atoms with E-state index in [1.165, 1.54) is 0 Å². The Kier molecular flexibility index (Phi) is 193. The maximum atomic E-state index is 8.48. The van der Waals surface area contributed by atoms with Gasteiger partial charge in [0.15, 0.2) is 0 Å². The number of hydrogen-bond acceptors (Lipinski definition) is 3. The Morgan fingerprint density at radius 2 is 0.722 bits per heavy atom. The van der Waals surface area contributed by atoms with Crippen molar-refractivity contribution in [1.82, 2.24) is 0 Å². The van der Waals surface area contributed by atoms with Crippen molar-refractivity contribution in [3.63, 3.8) is 0 Å². The molecular weight excluding hydrogens is 269 g/mol. The molecule has 0 unspecified atom stereocenters. The molecule has 0 rings (SSSR count). The van der Waals surface area contributed by atoms with Crippen LogP contribution in [0.15, 0.2) is 50.6 Å². The molecule has 0 aromatic rings. The van der Waals surface area contributed by atoms with Crippen molar-refractivity contribution in [3.8, 4) is 0 Å². The average molecular weight is 293 g/mol. The van der Waals surface area contributed by atoms with E-state index in [4.69, 9.17) is 14.4 Å². The molecule has 0 radical (unpaired) electrons. The van der Waals surface area contributed by atoms with Gasteiger partial charge < -0.3 is 9.79 Å². The number of allylic oxidation sites excluding steroid dienone is 4. The molecule has 0 aliphatic rings. The summed E-state index contributed by atoms with van der Waals surface area (Å²) in [4.78, 5) is 17.0. The first kappa shape index (κ1) is 42.8. The minimum atomic E-state index is -3.37. The van der Waals surface area contributed by atoms with E-state index in [-0.39, 0.29) is 59.1 Å². The molecule has 0 amide bonds. The maximum Gasteiger partial charge on any atom is 1.00 e. The standard InChI is InChI=1S/4C3H6.2Na.HO3P/c4*1-3-2;;;1-4(2)3/h4*3H,1H2,2H3;;;(H,1,2,3)/q;;;;2*+1;/p-1. The van der Waals surface area contributed by atoms with Gasteiger partial charge in [0.05, 0.1) is 0 Å². The second-order valence-corrected chi connectivity index (χ2v) is 2.30. The molecule has 0 atom stereocenters. The molecule has 0 aromatic carbocycles. The third kappa shape index (κ3) is 4510. The summed E-state index contributed by atoms with van der Waals surface area (Å²) in [7, 11) is -3.37. The Balaban J connectivity index is -0.0000000164. The zero-order valence-electron chi connectivity index (χ0n) is 12.8. The van der Waals surface area contributed by atoms with E-state index in [0.29, 0.717) is 0 Å². The predicted octanol–water partition coefficient (Wildman–Crippen LogP) is -2.86. The molecular formula is C12H24Na2O3P+. The van der Waals surface area contributed by atoms with E-state index >= 15 is 0 Å². The van der Waals surface area contributed by atoms with Gasteiger partial charge in [0.1, 0.15) is 0 Å². The third-order valence-corrected chi connectivity index (χ3v) is 0. The summed E-state index contributed by atoms with van der Waals surface area (Å²) in [6.07, 6.45) is 7.00. The van der Waals surface area contributed by atoms with Crippen LogP contribution in [0.5, 0.6) is 0 Å². The van der Waals surface area contributed by atoms with Gasteiger partial charge in [0.2, 0.25) is 0 Å². The Bertz CT molecular complexity index is 135. The van der Waals surface area contributed by atoms with E-state index in [1.807, 2.05) is 27.7 Å². The fourth-order valence-electron chi connectivity index (χ4n) is 0. The van der Waals surface area contributed by atoms with Crippen LogP contribution in [0.1, 0.15) is 27.7 Å². The summed E-state index contributed by atoms with van der Waals surface area (Å²) < 4.78 is 8.48. The fourth-order valence-corrected chi connectivity index (χ4v) is 0. The number of rotatable bonds is 0. The normalized spacial score (nSPS) is 4.33. The second kappa shape index (κ2) is 81.4. The molecule has 3 nitrogen and oxygen atoms in total. The first-order valence-corrected chi connectivity index (χ1v) is 5.59. The number of hydrogen-bond donors (Lipinski definition) is 0. The summed E-state index contributed by atoms with van der Waals surface area (Å²) in [5, 5.41) is 0. The summed E-state index contributed by atoms with van der Waals surface area (Å²) in [5.74, 6) is 0. The molecule has 0 saturated heterocycles. The van der Waals surface area contributed by atoms with Crippen LogP contribution in [0, 0.1) is 0 Å². The molecule has 0 bridgehead atoms. The molecule has 18 heavy (non-hydrogen) atoms. The molecule has 6 heteroatoms. The molecule has 0 aliphatic carbocycles. The Morgan fingerprint density at radius 3 is 0.722 bits per heavy atom. The minimum Gasteiger partial charge on any atom is -0.598 e. The largest absolute Gasteiger partial charge is 1.00 e. The zero-order chi connectivity index (χ0) is 14.4. The van der Waals surface area contributed by atoms with E-state index in [9.17, 15) is 0 Å². The summed E-state index contributed by atoms with van der Waals surface area (Å²) >= 11 is 0. The average Bonchev–Trinajstić information content (AvgIpc) is 2.06. The quantitative estimate of drug-likeness (QED) is 0.274. The van der Waals surface area contributed by atoms with Crippen molar-refractivity contribution >= 4 is 8.25 Å². The van der Waals surface area contributed by atoms with Gasteiger partial charge in [-0.05, 0) is 27.7 Å². The summed E-state index contributed by atoms with van der Waals surface area (Å²) in [6, 6.07) is 0. The van der Waals surface area contributed by atoms with Gasteiger partial charge in [-0.2, -0.15) is 0 Å². The summed E-state index contributed by atoms with van der Waals surface area (Å²) in [6.45, 7) is 21.0. The molecule has 0 N–H and O–H groups in total. The molecule has 0 spiro atoms. The van der Waals surface area contributed by atoms with Crippen LogP contribution in [0.2, 0.25) is 0 Å². The van der Waals surface area contributed by atoms with E-state index < -0.39 is 8.25 Å². The Hall–Kier alpha value is 0.980. The predicted molar refractivity (Wildman–Crippen MR) is 71.1 cm³/mol. The maximum absolute atomic E-state index is 8.48. The van der Waals surface area contributed by atoms with Crippen LogP contribution < -0.4 is 68.9 Å². The van der Waals surface area contributed by atoms with Gasteiger partial charge in [-0.1, -0.05) is 28.9 Å². The Labute approximate surface area is 158 Å². The molecule has 0 fully saturated rings. The van der Waals surface area contributed by atoms with Crippen LogP contribution in [0.25, 0.3) is 0 Å². The van der Waals surface area contributed by atoms with Crippen LogP contribution >= 0.6 is 8.25 Å². The monoisotopic (exact) mass is 293 g/mol. The van der Waals surface area contributed by atoms with E-state index in [0.717, 1.165) is 0 Å². The third-order valence-electron chi connectivity index (χ3n) is 0. The van der Waals surface area contributed by atoms with Crippen molar-refractivity contribution in [2.24, 2.45) is 0 Å². The van der Waals surface area contributed by atoms with Gasteiger partial charge in [-0.3, -0.25) is 0 Å². The molecule has 96 valence electrons. The Morgan fingerprint density at radius 1 is 0.722 bits per heavy atom. The van der Waals surface area contributed by atoms with Gasteiger partial charge in [-0.15, -0.1) is 26.3 Å². The van der Waals surface area contributed by atoms with Crippen LogP contribution in [0.4, 0.5) is 0 Å². The smallest absolute Gasteiger partial charge is 0.598 e. The fraction of sp³-hybridized carbons (Fsp3) is 0.333. The molecule has 0 aliphatic heterocycles. The van der Waals surface area contributed by atoms with Crippen molar-refractivity contribution in [3.05, 3.63) is 50.6 Å². The van der Waals surface area contributed by atoms with Crippen LogP contribution in [-0.4, -0.2) is 0 Å². The molecule has 0 aromatic heterocycles. The topological polar surface area (TPSA) is 63.2 Å². The van der Waals surface area contributed by atoms with Gasteiger partial charge in [0, 0.05) is 0 Å². The van der Waals surface area contributed by atoms with Crippen molar-refractivity contribution in [2.45, 2.75) is 27.7 Å². The van der Waals surface area contributed by atoms with Crippen molar-refractivity contribution in [2.75, 3.05) is 0 Å². The zero-order valence-corrected chi connectivity index (χ0v) is 17.7. The van der Waals surface area contributed by atoms with Gasteiger partial charge in [-0.25, -0.2) is 0 Å². The van der Waals surface area contributed by atoms with Crippen LogP contribution in [-0.2, 0) is 4.57 Å². The van der Waals surface area contributed by atoms with Gasteiger partial charge in [0.25, 0.3) is 8.25 Å². The van der Waals surface area contributed by atoms with Crippen molar-refractivity contribution in [1.29, 1.82) is 0 Å². The second-order valence-electron chi connectivity index (χ2n) is 1.86. The first-order chi connectivity index (χ1) is 7.39. The van der Waals surface area contributed by atoms with Crippen LogP contribution in [0.3, 0.4) is 0 Å². The van der Waals surface area contributed by atoms with E-state index in [1.54, 1.807) is 24.3 Å².